The number of carbonyl (C=O) groups excluding carboxylic acids is 1. The van der Waals surface area contributed by atoms with Gasteiger partial charge in [0.25, 0.3) is 10.0 Å². The van der Waals surface area contributed by atoms with Gasteiger partial charge in [-0.15, -0.1) is 0 Å². The molecule has 172 valence electrons. The summed E-state index contributed by atoms with van der Waals surface area (Å²) >= 11 is 6.21. The lowest BCUT2D eigenvalue weighted by molar-refractivity contribution is -0.119. The Morgan fingerprint density at radius 2 is 1.79 bits per heavy atom. The van der Waals surface area contributed by atoms with Gasteiger partial charge in [0.15, 0.2) is 5.69 Å². The van der Waals surface area contributed by atoms with E-state index in [9.17, 15) is 18.0 Å². The van der Waals surface area contributed by atoms with Crippen LogP contribution in [0.3, 0.4) is 0 Å². The second kappa shape index (κ2) is 9.97. The molecule has 1 heterocycles. The summed E-state index contributed by atoms with van der Waals surface area (Å²) in [4.78, 5) is 31.5. The number of halogens is 1. The second-order valence-electron chi connectivity index (χ2n) is 7.19. The quantitative estimate of drug-likeness (QED) is 0.498. The third-order valence-electron chi connectivity index (χ3n) is 4.77. The third kappa shape index (κ3) is 5.65. The first-order valence-electron chi connectivity index (χ1n) is 9.75. The maximum Gasteiger partial charge on any atom is 0.356 e. The van der Waals surface area contributed by atoms with E-state index in [4.69, 9.17) is 16.7 Å². The fourth-order valence-electron chi connectivity index (χ4n) is 2.97. The highest BCUT2D eigenvalue weighted by Crippen LogP contribution is 2.30. The van der Waals surface area contributed by atoms with Crippen molar-refractivity contribution in [3.63, 3.8) is 0 Å². The highest BCUT2D eigenvalue weighted by atomic mass is 35.5. The summed E-state index contributed by atoms with van der Waals surface area (Å²) < 4.78 is 27.9. The van der Waals surface area contributed by atoms with Crippen LogP contribution in [-0.4, -0.2) is 41.9 Å². The summed E-state index contributed by atoms with van der Waals surface area (Å²) in [6.07, 6.45) is 2.40. The molecule has 1 amide bonds. The van der Waals surface area contributed by atoms with Crippen molar-refractivity contribution in [2.24, 2.45) is 0 Å². The van der Waals surface area contributed by atoms with Gasteiger partial charge < -0.3 is 10.4 Å². The van der Waals surface area contributed by atoms with Crippen molar-refractivity contribution >= 4 is 39.2 Å². The number of aryl methyl sites for hydroxylation is 1. The Morgan fingerprint density at radius 3 is 2.45 bits per heavy atom. The minimum absolute atomic E-state index is 0.0281. The van der Waals surface area contributed by atoms with Gasteiger partial charge in [0.05, 0.1) is 35.2 Å². The first kappa shape index (κ1) is 24.1. The molecule has 11 heteroatoms. The number of aromatic nitrogens is 2. The molecular formula is C22H21ClN4O5S. The summed E-state index contributed by atoms with van der Waals surface area (Å²) in [5.41, 5.74) is 1.62. The molecule has 0 saturated heterocycles. The third-order valence-corrected chi connectivity index (χ3v) is 6.96. The molecule has 0 aliphatic heterocycles. The molecule has 0 saturated carbocycles. The predicted octanol–water partition coefficient (Wildman–Crippen LogP) is 2.96. The Morgan fingerprint density at radius 1 is 1.09 bits per heavy atom. The van der Waals surface area contributed by atoms with Crippen LogP contribution in [0.4, 0.5) is 5.69 Å². The number of anilines is 1. The highest BCUT2D eigenvalue weighted by molar-refractivity contribution is 7.92. The van der Waals surface area contributed by atoms with E-state index in [0.717, 1.165) is 16.1 Å². The predicted molar refractivity (Wildman–Crippen MR) is 123 cm³/mol. The molecule has 9 nitrogen and oxygen atoms in total. The zero-order valence-corrected chi connectivity index (χ0v) is 19.4. The van der Waals surface area contributed by atoms with Crippen LogP contribution in [0.2, 0.25) is 5.02 Å². The van der Waals surface area contributed by atoms with Crippen LogP contribution < -0.4 is 9.62 Å². The van der Waals surface area contributed by atoms with Crippen LogP contribution in [0.5, 0.6) is 0 Å². The van der Waals surface area contributed by atoms with E-state index in [0.29, 0.717) is 10.6 Å². The van der Waals surface area contributed by atoms with Crippen molar-refractivity contribution in [2.75, 3.05) is 10.8 Å². The summed E-state index contributed by atoms with van der Waals surface area (Å²) in [6.45, 7) is 2.86. The zero-order valence-electron chi connectivity index (χ0n) is 17.8. The number of benzene rings is 2. The van der Waals surface area contributed by atoms with Crippen LogP contribution in [0, 0.1) is 13.8 Å². The van der Waals surface area contributed by atoms with Crippen molar-refractivity contribution in [3.05, 3.63) is 82.4 Å². The molecule has 0 aliphatic rings. The van der Waals surface area contributed by atoms with E-state index >= 15 is 0 Å². The number of nitrogens with zero attached hydrogens (tertiary/aromatic N) is 3. The van der Waals surface area contributed by atoms with E-state index in [1.54, 1.807) is 37.3 Å². The van der Waals surface area contributed by atoms with Gasteiger partial charge in [-0.05, 0) is 43.7 Å². The van der Waals surface area contributed by atoms with Crippen molar-refractivity contribution < 1.29 is 23.1 Å². The molecule has 2 aromatic carbocycles. The number of rotatable bonds is 8. The van der Waals surface area contributed by atoms with Gasteiger partial charge in [0.2, 0.25) is 5.91 Å². The second-order valence-corrected chi connectivity index (χ2v) is 9.46. The number of hydrogen-bond donors (Lipinski definition) is 2. The lowest BCUT2D eigenvalue weighted by Crippen LogP contribution is -2.41. The van der Waals surface area contributed by atoms with Gasteiger partial charge >= 0.3 is 5.97 Å². The normalized spacial score (nSPS) is 11.1. The highest BCUT2D eigenvalue weighted by Gasteiger charge is 2.28. The van der Waals surface area contributed by atoms with Crippen LogP contribution in [0.1, 0.15) is 27.3 Å². The maximum atomic E-state index is 13.5. The van der Waals surface area contributed by atoms with Crippen LogP contribution in [0.25, 0.3) is 0 Å². The SMILES string of the molecule is Cc1ccc(S(=O)(=O)N(CC(=O)NCc2cncc(C(=O)O)n2)c2cccc(Cl)c2C)cc1. The van der Waals surface area contributed by atoms with E-state index in [-0.39, 0.29) is 28.5 Å². The molecule has 2 N–H and O–H groups in total. The number of hydrogen-bond acceptors (Lipinski definition) is 6. The zero-order chi connectivity index (χ0) is 24.2. The van der Waals surface area contributed by atoms with Gasteiger partial charge in [-0.1, -0.05) is 35.4 Å². The van der Waals surface area contributed by atoms with Crippen molar-refractivity contribution in [1.29, 1.82) is 0 Å². The maximum absolute atomic E-state index is 13.5. The molecular weight excluding hydrogens is 468 g/mol. The van der Waals surface area contributed by atoms with Crippen LogP contribution in [-0.2, 0) is 21.4 Å². The average Bonchev–Trinajstić information content (AvgIpc) is 2.78. The van der Waals surface area contributed by atoms with Crippen LogP contribution in [0.15, 0.2) is 59.8 Å². The number of amides is 1. The van der Waals surface area contributed by atoms with Gasteiger partial charge in [-0.25, -0.2) is 18.2 Å². The minimum Gasteiger partial charge on any atom is -0.476 e. The summed E-state index contributed by atoms with van der Waals surface area (Å²) in [6, 6.07) is 11.1. The molecule has 0 bridgehead atoms. The summed E-state index contributed by atoms with van der Waals surface area (Å²) in [5, 5.41) is 11.9. The number of carboxylic acid groups (broad SMARTS) is 1. The van der Waals surface area contributed by atoms with Gasteiger partial charge in [0.1, 0.15) is 6.54 Å². The van der Waals surface area contributed by atoms with E-state index in [1.165, 1.54) is 18.3 Å². The summed E-state index contributed by atoms with van der Waals surface area (Å²) in [7, 11) is -4.10. The molecule has 33 heavy (non-hydrogen) atoms. The van der Waals surface area contributed by atoms with Crippen molar-refractivity contribution in [3.8, 4) is 0 Å². The molecule has 0 aliphatic carbocycles. The monoisotopic (exact) mass is 488 g/mol. The Kier molecular flexibility index (Phi) is 7.29. The van der Waals surface area contributed by atoms with Gasteiger partial charge in [-0.2, -0.15) is 0 Å². The van der Waals surface area contributed by atoms with Gasteiger partial charge in [0, 0.05) is 5.02 Å². The Labute approximate surface area is 196 Å². The molecule has 3 aromatic rings. The van der Waals surface area contributed by atoms with E-state index in [1.807, 2.05) is 6.92 Å². The fraction of sp³-hybridized carbons (Fsp3) is 0.182. The number of aromatic carboxylic acids is 1. The number of carbonyl (C=O) groups is 2. The topological polar surface area (TPSA) is 130 Å². The molecule has 0 spiro atoms. The fourth-order valence-corrected chi connectivity index (χ4v) is 4.62. The van der Waals surface area contributed by atoms with Crippen molar-refractivity contribution in [2.45, 2.75) is 25.3 Å². The molecule has 0 unspecified atom stereocenters. The number of nitrogens with one attached hydrogen (secondary N) is 1. The van der Waals surface area contributed by atoms with Crippen LogP contribution >= 0.6 is 11.6 Å². The minimum atomic E-state index is -4.10. The molecule has 0 fully saturated rings. The summed E-state index contributed by atoms with van der Waals surface area (Å²) in [5.74, 6) is -1.87. The van der Waals surface area contributed by atoms with Crippen molar-refractivity contribution in [1.82, 2.24) is 15.3 Å². The standard InChI is InChI=1S/C22H21ClN4O5S/c1-14-6-8-17(9-7-14)33(31,32)27(20-5-3-4-18(23)15(20)2)13-21(28)25-11-16-10-24-12-19(26-16)22(29)30/h3-10,12H,11,13H2,1-2H3,(H,25,28)(H,29,30). The number of sulfonamides is 1. The molecule has 1 aromatic heterocycles. The average molecular weight is 489 g/mol. The molecule has 0 radical (unpaired) electrons. The Hall–Kier alpha value is -3.50. The molecule has 0 atom stereocenters. The largest absolute Gasteiger partial charge is 0.476 e. The van der Waals surface area contributed by atoms with Gasteiger partial charge in [-0.3, -0.25) is 14.1 Å². The Balaban J connectivity index is 1.89. The first-order valence-corrected chi connectivity index (χ1v) is 11.6. The lowest BCUT2D eigenvalue weighted by Gasteiger charge is -2.26. The smallest absolute Gasteiger partial charge is 0.356 e. The number of carboxylic acids is 1. The lowest BCUT2D eigenvalue weighted by atomic mass is 10.2. The first-order chi connectivity index (χ1) is 15.6. The Bertz CT molecular complexity index is 1300. The van der Waals surface area contributed by atoms with E-state index < -0.39 is 28.4 Å². The molecule has 3 rings (SSSR count). The van der Waals surface area contributed by atoms with E-state index in [2.05, 4.69) is 15.3 Å².